The van der Waals surface area contributed by atoms with E-state index in [1.807, 2.05) is 49.8 Å². The molecule has 2 aromatic carbocycles. The van der Waals surface area contributed by atoms with Crippen molar-refractivity contribution in [2.45, 2.75) is 79.3 Å². The van der Waals surface area contributed by atoms with E-state index in [1.165, 1.54) is 14.2 Å². The van der Waals surface area contributed by atoms with Gasteiger partial charge in [0.05, 0.1) is 73.9 Å². The van der Waals surface area contributed by atoms with Crippen molar-refractivity contribution < 1.29 is 28.7 Å². The lowest BCUT2D eigenvalue weighted by molar-refractivity contribution is -0.148. The van der Waals surface area contributed by atoms with Crippen LogP contribution in [0, 0.1) is 35.5 Å². The van der Waals surface area contributed by atoms with Crippen LogP contribution in [-0.2, 0) is 28.7 Å². The van der Waals surface area contributed by atoms with Crippen molar-refractivity contribution in [3.63, 3.8) is 0 Å². The quantitative estimate of drug-likeness (QED) is 0.120. The molecule has 302 valence electrons. The Bertz CT molecular complexity index is 2290. The van der Waals surface area contributed by atoms with Crippen LogP contribution in [0.2, 0.25) is 0 Å². The highest BCUT2D eigenvalue weighted by Gasteiger charge is 2.41. The molecule has 0 unspecified atom stereocenters. The van der Waals surface area contributed by atoms with Gasteiger partial charge in [0.1, 0.15) is 11.6 Å². The fourth-order valence-corrected chi connectivity index (χ4v) is 9.70. The number of carbonyl (C=O) groups excluding carboxylic acids is 4. The van der Waals surface area contributed by atoms with Gasteiger partial charge in [-0.15, -0.1) is 11.3 Å². The summed E-state index contributed by atoms with van der Waals surface area (Å²) in [7, 11) is 2.72. The van der Waals surface area contributed by atoms with Gasteiger partial charge in [-0.05, 0) is 71.7 Å². The summed E-state index contributed by atoms with van der Waals surface area (Å²) in [4.78, 5) is 73.8. The molecule has 13 heteroatoms. The van der Waals surface area contributed by atoms with Crippen LogP contribution < -0.4 is 0 Å². The number of benzene rings is 2. The maximum absolute atomic E-state index is 13.9. The molecule has 2 N–H and O–H groups in total. The fourth-order valence-electron chi connectivity index (χ4n) is 8.60. The van der Waals surface area contributed by atoms with Crippen LogP contribution in [-0.4, -0.2) is 80.8 Å². The number of fused-ring (bicyclic) bond motifs is 2. The first kappa shape index (κ1) is 40.2. The molecule has 0 radical (unpaired) electrons. The summed E-state index contributed by atoms with van der Waals surface area (Å²) in [6.45, 7) is 13.4. The molecule has 2 aliphatic heterocycles. The predicted molar refractivity (Wildman–Crippen MR) is 221 cm³/mol. The van der Waals surface area contributed by atoms with E-state index >= 15 is 0 Å². The highest BCUT2D eigenvalue weighted by Crippen LogP contribution is 2.41. The summed E-state index contributed by atoms with van der Waals surface area (Å²) < 4.78 is 11.0. The molecule has 3 aromatic heterocycles. The molecule has 57 heavy (non-hydrogen) atoms. The van der Waals surface area contributed by atoms with Gasteiger partial charge in [0.15, 0.2) is 0 Å². The topological polar surface area (TPSA) is 151 Å². The first-order chi connectivity index (χ1) is 27.2. The molecule has 2 amide bonds. The molecule has 2 fully saturated rings. The second-order valence-corrected chi connectivity index (χ2v) is 17.9. The van der Waals surface area contributed by atoms with Gasteiger partial charge < -0.3 is 29.2 Å². The third kappa shape index (κ3) is 8.21. The number of aromatic nitrogens is 4. The van der Waals surface area contributed by atoms with Gasteiger partial charge in [-0.25, -0.2) is 9.97 Å². The van der Waals surface area contributed by atoms with Crippen LogP contribution in [0.3, 0.4) is 0 Å². The lowest BCUT2D eigenvalue weighted by Gasteiger charge is -2.29. The monoisotopic (exact) mass is 794 g/mol. The van der Waals surface area contributed by atoms with Gasteiger partial charge in [-0.2, -0.15) is 0 Å². The van der Waals surface area contributed by atoms with E-state index < -0.39 is 11.8 Å². The number of hydrogen-bond donors (Lipinski definition) is 2. The molecule has 0 bridgehead atoms. The summed E-state index contributed by atoms with van der Waals surface area (Å²) in [5.41, 5.74) is 4.71. The van der Waals surface area contributed by atoms with Gasteiger partial charge in [0.2, 0.25) is 11.8 Å². The van der Waals surface area contributed by atoms with E-state index in [9.17, 15) is 19.2 Å². The van der Waals surface area contributed by atoms with E-state index in [0.29, 0.717) is 24.9 Å². The van der Waals surface area contributed by atoms with E-state index in [4.69, 9.17) is 19.4 Å². The number of likely N-dealkylation sites (tertiary alicyclic amines) is 2. The number of ether oxygens (including phenoxy) is 2. The van der Waals surface area contributed by atoms with Crippen LogP contribution in [0.5, 0.6) is 0 Å². The number of nitrogens with zero attached hydrogens (tertiary/aromatic N) is 4. The summed E-state index contributed by atoms with van der Waals surface area (Å²) in [6.07, 6.45) is 3.56. The Kier molecular flexibility index (Phi) is 11.6. The van der Waals surface area contributed by atoms with E-state index in [2.05, 4.69) is 60.2 Å². The number of imidazole rings is 2. The summed E-state index contributed by atoms with van der Waals surface area (Å²) in [5.74, 6) is 0.400. The zero-order chi connectivity index (χ0) is 40.7. The van der Waals surface area contributed by atoms with Crippen LogP contribution in [0.25, 0.3) is 42.8 Å². The van der Waals surface area contributed by atoms with Crippen LogP contribution >= 0.6 is 11.3 Å². The van der Waals surface area contributed by atoms with Crippen molar-refractivity contribution in [1.82, 2.24) is 29.7 Å². The second kappa shape index (κ2) is 16.4. The third-order valence-electron chi connectivity index (χ3n) is 11.9. The number of nitrogens with one attached hydrogen (secondary N) is 2. The van der Waals surface area contributed by atoms with Crippen LogP contribution in [0.1, 0.15) is 91.0 Å². The van der Waals surface area contributed by atoms with Crippen molar-refractivity contribution in [2.75, 3.05) is 27.3 Å². The van der Waals surface area contributed by atoms with E-state index in [0.717, 1.165) is 67.3 Å². The molecule has 0 spiro atoms. The molecular weight excluding hydrogens is 741 g/mol. The van der Waals surface area contributed by atoms with Crippen LogP contribution in [0.4, 0.5) is 0 Å². The molecule has 2 aliphatic rings. The minimum absolute atomic E-state index is 0.00503. The number of rotatable bonds is 12. The molecule has 0 saturated carbocycles. The molecule has 5 heterocycles. The normalized spacial score (nSPS) is 20.9. The zero-order valence-electron chi connectivity index (χ0n) is 34.1. The molecule has 5 aromatic rings. The maximum Gasteiger partial charge on any atom is 0.306 e. The molecular formula is C44H54N6O6S. The average molecular weight is 795 g/mol. The Morgan fingerprint density at radius 3 is 1.93 bits per heavy atom. The SMILES string of the molecule is COC(=O)C[C@H](C(=O)N1C[C@@H](C)C[C@H]1c1ncc(-c2ccc3cc(-c4ccc5nc([C@@H]6C[C@H](C)CN6C(=O)[C@@H](CC(=O)OC)C(C)C)[nH]c5c4)sc3c2)[nH]1)C(C)C. The second-order valence-electron chi connectivity index (χ2n) is 16.9. The average Bonchev–Trinajstić information content (AvgIpc) is 4.03. The van der Waals surface area contributed by atoms with Gasteiger partial charge in [0.25, 0.3) is 0 Å². The smallest absolute Gasteiger partial charge is 0.306 e. The number of methoxy groups -OCH3 is 2. The van der Waals surface area contributed by atoms with Crippen molar-refractivity contribution in [3.8, 4) is 21.7 Å². The number of carbonyl (C=O) groups is 4. The maximum atomic E-state index is 13.9. The minimum Gasteiger partial charge on any atom is -0.469 e. The Hall–Kier alpha value is -5.04. The number of amides is 2. The van der Waals surface area contributed by atoms with Crippen LogP contribution in [0.15, 0.2) is 48.7 Å². The summed E-state index contributed by atoms with van der Waals surface area (Å²) in [5, 5.41) is 1.14. The lowest BCUT2D eigenvalue weighted by atomic mass is 9.91. The lowest BCUT2D eigenvalue weighted by Crippen LogP contribution is -2.39. The Morgan fingerprint density at radius 1 is 0.772 bits per heavy atom. The van der Waals surface area contributed by atoms with Crippen molar-refractivity contribution in [3.05, 3.63) is 60.3 Å². The molecule has 12 nitrogen and oxygen atoms in total. The Balaban J connectivity index is 1.10. The fraction of sp³-hybridized carbons (Fsp3) is 0.500. The van der Waals surface area contributed by atoms with Crippen molar-refractivity contribution in [1.29, 1.82) is 0 Å². The van der Waals surface area contributed by atoms with Gasteiger partial charge in [-0.3, -0.25) is 19.2 Å². The largest absolute Gasteiger partial charge is 0.469 e. The highest BCUT2D eigenvalue weighted by atomic mass is 32.1. The first-order valence-corrected chi connectivity index (χ1v) is 20.9. The third-order valence-corrected chi connectivity index (χ3v) is 13.0. The highest BCUT2D eigenvalue weighted by molar-refractivity contribution is 7.22. The number of H-pyrrole nitrogens is 2. The molecule has 6 atom stereocenters. The molecule has 2 saturated heterocycles. The minimum atomic E-state index is -0.453. The van der Waals surface area contributed by atoms with E-state index in [1.54, 1.807) is 11.3 Å². The van der Waals surface area contributed by atoms with Crippen molar-refractivity contribution >= 4 is 56.2 Å². The molecule has 0 aliphatic carbocycles. The number of thiophene rings is 1. The van der Waals surface area contributed by atoms with E-state index in [-0.39, 0.29) is 60.5 Å². The molecule has 7 rings (SSSR count). The van der Waals surface area contributed by atoms with Crippen molar-refractivity contribution in [2.24, 2.45) is 35.5 Å². The van der Waals surface area contributed by atoms with Gasteiger partial charge >= 0.3 is 11.9 Å². The predicted octanol–water partition coefficient (Wildman–Crippen LogP) is 8.32. The Labute approximate surface area is 337 Å². The summed E-state index contributed by atoms with van der Waals surface area (Å²) >= 11 is 1.72. The summed E-state index contributed by atoms with van der Waals surface area (Å²) in [6, 6.07) is 14.5. The Morgan fingerprint density at radius 2 is 1.35 bits per heavy atom. The number of aromatic amines is 2. The standard InChI is InChI=1S/C44H54N6O6S/c1-23(2)30(18-39(51)55-7)43(53)49-21-25(5)13-35(49)41-45-20-34(48-41)27-9-10-29-17-38(57-37(29)16-27)28-11-12-32-33(15-28)47-42(46-32)36-14-26(6)22-50(36)44(54)31(24(3)4)19-40(52)56-8/h9-12,15-17,20,23-26,30-31,35-36H,13-14,18-19,21-22H2,1-8H3,(H,45,48)(H,46,47)/t25-,26-,30-,31-,35-,36-/m0/s1. The van der Waals surface area contributed by atoms with Gasteiger partial charge in [-0.1, -0.05) is 59.7 Å². The zero-order valence-corrected chi connectivity index (χ0v) is 34.9. The first-order valence-electron chi connectivity index (χ1n) is 20.1. The number of esters is 2. The van der Waals surface area contributed by atoms with Gasteiger partial charge in [0, 0.05) is 28.2 Å². The number of hydrogen-bond acceptors (Lipinski definition) is 9.